The number of carbonyl (C=O) groups is 2. The van der Waals surface area contributed by atoms with Crippen molar-refractivity contribution in [2.24, 2.45) is 35.5 Å². The van der Waals surface area contributed by atoms with E-state index in [1.807, 2.05) is 12.2 Å². The molecular weight excluding hydrogens is 295 g/mol. The maximum absolute atomic E-state index is 12.1. The summed E-state index contributed by atoms with van der Waals surface area (Å²) < 4.78 is 21.2. The molecule has 4 aliphatic rings. The van der Waals surface area contributed by atoms with Gasteiger partial charge in [-0.15, -0.1) is 0 Å². The third-order valence-corrected chi connectivity index (χ3v) is 6.52. The molecule has 0 saturated heterocycles. The van der Waals surface area contributed by atoms with E-state index in [0.717, 1.165) is 0 Å². The number of ether oxygens (including phenoxy) is 2. The van der Waals surface area contributed by atoms with Crippen molar-refractivity contribution in [3.63, 3.8) is 0 Å². The van der Waals surface area contributed by atoms with Crippen molar-refractivity contribution in [3.8, 4) is 0 Å². The highest BCUT2D eigenvalue weighted by molar-refractivity contribution is 7.39. The molecule has 0 heterocycles. The summed E-state index contributed by atoms with van der Waals surface area (Å²) in [4.78, 5) is 33.7. The highest BCUT2D eigenvalue weighted by Crippen LogP contribution is 2.64. The normalized spacial score (nSPS) is 43.6. The molecule has 0 amide bonds. The second kappa shape index (κ2) is 5.18. The van der Waals surface area contributed by atoms with Crippen LogP contribution < -0.4 is 0 Å². The zero-order chi connectivity index (χ0) is 15.3. The molecule has 4 aliphatic carbocycles. The van der Waals surface area contributed by atoms with Gasteiger partial charge in [-0.05, 0) is 22.3 Å². The van der Waals surface area contributed by atoms with Crippen LogP contribution in [-0.4, -0.2) is 36.7 Å². The predicted molar refractivity (Wildman–Crippen MR) is 72.3 cm³/mol. The first kappa shape index (κ1) is 14.7. The fourth-order valence-corrected chi connectivity index (χ4v) is 5.65. The predicted octanol–water partition coefficient (Wildman–Crippen LogP) is 1.12. The first-order valence-electron chi connectivity index (χ1n) is 7.00. The van der Waals surface area contributed by atoms with Gasteiger partial charge in [0, 0.05) is 12.3 Å². The monoisotopic (exact) mass is 313 g/mol. The van der Waals surface area contributed by atoms with Gasteiger partial charge in [0.15, 0.2) is 5.66 Å². The van der Waals surface area contributed by atoms with Gasteiger partial charge in [0.1, 0.15) is 0 Å². The maximum Gasteiger partial charge on any atom is 0.508 e. The Morgan fingerprint density at radius 3 is 2.14 bits per heavy atom. The van der Waals surface area contributed by atoms with Crippen molar-refractivity contribution < 1.29 is 28.5 Å². The van der Waals surface area contributed by atoms with Gasteiger partial charge in [0.25, 0.3) is 0 Å². The summed E-state index contributed by atoms with van der Waals surface area (Å²) >= 11 is 0. The van der Waals surface area contributed by atoms with Gasteiger partial charge in [-0.3, -0.25) is 9.59 Å². The van der Waals surface area contributed by atoms with Crippen molar-refractivity contribution in [1.29, 1.82) is 0 Å². The molecule has 2 saturated carbocycles. The molecule has 2 unspecified atom stereocenters. The molecular formula is C14H18O6P+. The molecule has 0 aliphatic heterocycles. The smallest absolute Gasteiger partial charge is 0.469 e. The van der Waals surface area contributed by atoms with Gasteiger partial charge in [-0.2, -0.15) is 4.89 Å². The molecule has 114 valence electrons. The van der Waals surface area contributed by atoms with Crippen LogP contribution in [-0.2, 0) is 23.6 Å². The van der Waals surface area contributed by atoms with E-state index >= 15 is 0 Å². The lowest BCUT2D eigenvalue weighted by Crippen LogP contribution is -2.61. The second-order valence-corrected chi connectivity index (χ2v) is 7.25. The van der Waals surface area contributed by atoms with E-state index in [4.69, 9.17) is 9.47 Å². The summed E-state index contributed by atoms with van der Waals surface area (Å²) in [5.74, 6) is -2.17. The molecule has 4 rings (SSSR count). The third kappa shape index (κ3) is 1.96. The first-order valence-corrected chi connectivity index (χ1v) is 8.28. The van der Waals surface area contributed by atoms with Crippen LogP contribution in [0.4, 0.5) is 0 Å². The molecule has 2 fully saturated rings. The highest BCUT2D eigenvalue weighted by atomic mass is 31.1. The topological polar surface area (TPSA) is 89.9 Å². The van der Waals surface area contributed by atoms with Crippen LogP contribution in [0, 0.1) is 35.5 Å². The molecule has 2 bridgehead atoms. The van der Waals surface area contributed by atoms with Crippen LogP contribution in [0.2, 0.25) is 0 Å². The quantitative estimate of drug-likeness (QED) is 0.477. The van der Waals surface area contributed by atoms with E-state index in [0.29, 0.717) is 6.42 Å². The minimum atomic E-state index is -2.26. The fraction of sp³-hybridized carbons (Fsp3) is 0.714. The van der Waals surface area contributed by atoms with Crippen molar-refractivity contribution in [1.82, 2.24) is 0 Å². The number of rotatable bonds is 3. The number of allylic oxidation sites excluding steroid dienone is 2. The van der Waals surface area contributed by atoms with Crippen LogP contribution in [0.3, 0.4) is 0 Å². The van der Waals surface area contributed by atoms with Crippen LogP contribution in [0.25, 0.3) is 0 Å². The summed E-state index contributed by atoms with van der Waals surface area (Å²) in [7, 11) is 0.352. The lowest BCUT2D eigenvalue weighted by atomic mass is 9.46. The summed E-state index contributed by atoms with van der Waals surface area (Å²) in [6.45, 7) is 0. The Bertz CT molecular complexity index is 530. The van der Waals surface area contributed by atoms with Crippen LogP contribution in [0.5, 0.6) is 0 Å². The zero-order valence-corrected chi connectivity index (χ0v) is 12.7. The Morgan fingerprint density at radius 2 is 1.62 bits per heavy atom. The van der Waals surface area contributed by atoms with E-state index < -0.39 is 31.8 Å². The maximum atomic E-state index is 12.1. The number of fused-ring (bicyclic) bond motifs is 1. The average molecular weight is 313 g/mol. The van der Waals surface area contributed by atoms with Crippen molar-refractivity contribution >= 4 is 20.0 Å². The van der Waals surface area contributed by atoms with Gasteiger partial charge in [0.2, 0.25) is 0 Å². The first-order chi connectivity index (χ1) is 10.0. The molecule has 0 spiro atoms. The number of methoxy groups -OCH3 is 2. The van der Waals surface area contributed by atoms with E-state index in [2.05, 4.69) is 0 Å². The fourth-order valence-electron chi connectivity index (χ4n) is 4.51. The molecule has 1 N–H and O–H groups in total. The molecule has 8 atom stereocenters. The van der Waals surface area contributed by atoms with Crippen molar-refractivity contribution in [3.05, 3.63) is 12.2 Å². The highest BCUT2D eigenvalue weighted by Gasteiger charge is 2.67. The standard InChI is InChI=1S/C14H17O6P/c1-19-13(15)11-6-3-4-7(12(11)14(16)20-2)10-8(6)5-9(10)21(17)18/h3-4,6-12H,5H2,1-2H3/p+1/t6-,7+,8+,9?,10-,11-,12+/m1/s1. The molecule has 7 heteroatoms. The minimum absolute atomic E-state index is 0.0152. The minimum Gasteiger partial charge on any atom is -0.469 e. The number of hydrogen-bond donors (Lipinski definition) is 1. The van der Waals surface area contributed by atoms with Gasteiger partial charge in [0.05, 0.1) is 26.1 Å². The average Bonchev–Trinajstić information content (AvgIpc) is 2.44. The van der Waals surface area contributed by atoms with Gasteiger partial charge in [-0.25, -0.2) is 0 Å². The lowest BCUT2D eigenvalue weighted by Gasteiger charge is -2.56. The summed E-state index contributed by atoms with van der Waals surface area (Å²) in [6, 6.07) is 0. The Labute approximate surface area is 123 Å². The second-order valence-electron chi connectivity index (χ2n) is 5.98. The largest absolute Gasteiger partial charge is 0.508 e. The van der Waals surface area contributed by atoms with Crippen molar-refractivity contribution in [2.45, 2.75) is 12.1 Å². The van der Waals surface area contributed by atoms with Gasteiger partial charge in [-0.1, -0.05) is 12.2 Å². The number of carbonyl (C=O) groups excluding carboxylic acids is 2. The summed E-state index contributed by atoms with van der Waals surface area (Å²) in [5, 5.41) is 0. The van der Waals surface area contributed by atoms with E-state index in [9.17, 15) is 19.0 Å². The summed E-state index contributed by atoms with van der Waals surface area (Å²) in [6.07, 6.45) is 4.51. The van der Waals surface area contributed by atoms with E-state index in [1.54, 1.807) is 0 Å². The van der Waals surface area contributed by atoms with Crippen LogP contribution >= 0.6 is 8.03 Å². The number of hydrogen-bond acceptors (Lipinski definition) is 5. The molecule has 0 radical (unpaired) electrons. The lowest BCUT2D eigenvalue weighted by molar-refractivity contribution is -0.173. The van der Waals surface area contributed by atoms with Gasteiger partial charge >= 0.3 is 20.0 Å². The van der Waals surface area contributed by atoms with Crippen LogP contribution in [0.15, 0.2) is 12.2 Å². The van der Waals surface area contributed by atoms with E-state index in [1.165, 1.54) is 14.2 Å². The Hall–Kier alpha value is -1.26. The third-order valence-electron chi connectivity index (χ3n) is 5.39. The Morgan fingerprint density at radius 1 is 1.10 bits per heavy atom. The Balaban J connectivity index is 1.97. The summed E-state index contributed by atoms with van der Waals surface area (Å²) in [5.41, 5.74) is -0.284. The van der Waals surface area contributed by atoms with Crippen molar-refractivity contribution in [2.75, 3.05) is 14.2 Å². The SMILES string of the molecule is COC(=O)[C@@H]1[C@@H]2C=C[C@H]([C@@H]1C(=O)OC)[C@H]1C([P+](=O)O)C[C@@H]21. The van der Waals surface area contributed by atoms with Gasteiger partial charge < -0.3 is 9.47 Å². The molecule has 0 aromatic rings. The number of esters is 2. The van der Waals surface area contributed by atoms with Crippen LogP contribution in [0.1, 0.15) is 6.42 Å². The Kier molecular flexibility index (Phi) is 3.62. The molecule has 0 aromatic carbocycles. The molecule has 6 nitrogen and oxygen atoms in total. The molecule has 0 aromatic heterocycles. The molecule has 21 heavy (non-hydrogen) atoms. The zero-order valence-electron chi connectivity index (χ0n) is 11.8. The van der Waals surface area contributed by atoms with E-state index in [-0.39, 0.29) is 29.3 Å².